The SMILES string of the molecule is Nc1cnccc1S(=O)(=O)Cc1ccccn1. The van der Waals surface area contributed by atoms with Gasteiger partial charge in [-0.2, -0.15) is 0 Å². The molecule has 0 fully saturated rings. The highest BCUT2D eigenvalue weighted by Gasteiger charge is 2.18. The fraction of sp³-hybridized carbons (Fsp3) is 0.0909. The van der Waals surface area contributed by atoms with Crippen molar-refractivity contribution in [2.24, 2.45) is 0 Å². The van der Waals surface area contributed by atoms with E-state index in [1.807, 2.05) is 0 Å². The highest BCUT2D eigenvalue weighted by molar-refractivity contribution is 7.90. The van der Waals surface area contributed by atoms with E-state index in [2.05, 4.69) is 9.97 Å². The molecule has 0 aromatic carbocycles. The van der Waals surface area contributed by atoms with Crippen LogP contribution in [0.3, 0.4) is 0 Å². The van der Waals surface area contributed by atoms with Crippen LogP contribution in [0.1, 0.15) is 5.69 Å². The van der Waals surface area contributed by atoms with Crippen molar-refractivity contribution in [2.45, 2.75) is 10.6 Å². The van der Waals surface area contributed by atoms with Crippen LogP contribution in [0.2, 0.25) is 0 Å². The van der Waals surface area contributed by atoms with E-state index < -0.39 is 9.84 Å². The summed E-state index contributed by atoms with van der Waals surface area (Å²) in [6.07, 6.45) is 4.29. The average molecular weight is 249 g/mol. The molecule has 17 heavy (non-hydrogen) atoms. The van der Waals surface area contributed by atoms with E-state index in [-0.39, 0.29) is 16.3 Å². The second-order valence-corrected chi connectivity index (χ2v) is 5.45. The maximum absolute atomic E-state index is 12.1. The molecular formula is C11H11N3O2S. The van der Waals surface area contributed by atoms with Crippen LogP contribution < -0.4 is 5.73 Å². The minimum Gasteiger partial charge on any atom is -0.396 e. The van der Waals surface area contributed by atoms with E-state index in [0.717, 1.165) is 0 Å². The molecule has 6 heteroatoms. The van der Waals surface area contributed by atoms with E-state index >= 15 is 0 Å². The zero-order valence-corrected chi connectivity index (χ0v) is 9.76. The van der Waals surface area contributed by atoms with Gasteiger partial charge < -0.3 is 5.73 Å². The maximum atomic E-state index is 12.1. The van der Waals surface area contributed by atoms with Crippen molar-refractivity contribution in [3.05, 3.63) is 48.5 Å². The summed E-state index contributed by atoms with van der Waals surface area (Å²) in [6.45, 7) is 0. The first kappa shape index (κ1) is 11.5. The van der Waals surface area contributed by atoms with E-state index in [0.29, 0.717) is 5.69 Å². The number of nitrogen functional groups attached to an aromatic ring is 1. The third kappa shape index (κ3) is 2.59. The number of hydrogen-bond donors (Lipinski definition) is 1. The summed E-state index contributed by atoms with van der Waals surface area (Å²) in [5, 5.41) is 0. The first-order chi connectivity index (χ1) is 8.09. The largest absolute Gasteiger partial charge is 0.396 e. The summed E-state index contributed by atoms with van der Waals surface area (Å²) in [5.74, 6) is -0.165. The fourth-order valence-corrected chi connectivity index (χ4v) is 2.83. The van der Waals surface area contributed by atoms with Crippen molar-refractivity contribution < 1.29 is 8.42 Å². The standard InChI is InChI=1S/C11H11N3O2S/c12-10-7-13-6-4-11(10)17(15,16)8-9-3-1-2-5-14-9/h1-7H,8,12H2. The molecule has 2 rings (SSSR count). The van der Waals surface area contributed by atoms with Gasteiger partial charge in [0.25, 0.3) is 0 Å². The molecule has 0 saturated heterocycles. The van der Waals surface area contributed by atoms with Crippen molar-refractivity contribution in [1.29, 1.82) is 0 Å². The second kappa shape index (κ2) is 4.50. The van der Waals surface area contributed by atoms with Gasteiger partial charge >= 0.3 is 0 Å². The molecule has 2 heterocycles. The Morgan fingerprint density at radius 3 is 2.65 bits per heavy atom. The number of nitrogens with zero attached hydrogens (tertiary/aromatic N) is 2. The molecule has 2 aromatic rings. The Kier molecular flexibility index (Phi) is 3.06. The van der Waals surface area contributed by atoms with E-state index in [1.54, 1.807) is 24.4 Å². The van der Waals surface area contributed by atoms with Gasteiger partial charge in [-0.3, -0.25) is 9.97 Å². The predicted molar refractivity (Wildman–Crippen MR) is 63.8 cm³/mol. The van der Waals surface area contributed by atoms with Gasteiger partial charge in [0, 0.05) is 12.4 Å². The molecule has 0 radical (unpaired) electrons. The molecule has 0 aliphatic rings. The molecule has 2 aromatic heterocycles. The molecular weight excluding hydrogens is 238 g/mol. The minimum atomic E-state index is -3.47. The second-order valence-electron chi connectivity index (χ2n) is 3.49. The lowest BCUT2D eigenvalue weighted by molar-refractivity contribution is 0.595. The highest BCUT2D eigenvalue weighted by atomic mass is 32.2. The van der Waals surface area contributed by atoms with Crippen LogP contribution in [0, 0.1) is 0 Å². The zero-order valence-electron chi connectivity index (χ0n) is 8.95. The number of anilines is 1. The zero-order chi connectivity index (χ0) is 12.3. The number of pyridine rings is 2. The Bertz CT molecular complexity index is 612. The molecule has 0 aliphatic carbocycles. The number of hydrogen-bond acceptors (Lipinski definition) is 5. The summed E-state index contributed by atoms with van der Waals surface area (Å²) >= 11 is 0. The van der Waals surface area contributed by atoms with Gasteiger partial charge in [0.1, 0.15) is 0 Å². The molecule has 88 valence electrons. The normalized spacial score (nSPS) is 11.3. The Hall–Kier alpha value is -1.95. The lowest BCUT2D eigenvalue weighted by Crippen LogP contribution is -2.09. The number of nitrogens with two attached hydrogens (primary N) is 1. The summed E-state index contributed by atoms with van der Waals surface area (Å²) in [5.41, 5.74) is 6.24. The van der Waals surface area contributed by atoms with Crippen LogP contribution in [-0.2, 0) is 15.6 Å². The highest BCUT2D eigenvalue weighted by Crippen LogP contribution is 2.20. The summed E-state index contributed by atoms with van der Waals surface area (Å²) in [4.78, 5) is 7.84. The molecule has 0 bridgehead atoms. The van der Waals surface area contributed by atoms with Gasteiger partial charge in [-0.05, 0) is 18.2 Å². The van der Waals surface area contributed by atoms with Crippen LogP contribution in [0.25, 0.3) is 0 Å². The Morgan fingerprint density at radius 2 is 2.00 bits per heavy atom. The summed E-state index contributed by atoms with van der Waals surface area (Å²) < 4.78 is 24.1. The number of sulfone groups is 1. The third-order valence-electron chi connectivity index (χ3n) is 2.21. The van der Waals surface area contributed by atoms with E-state index in [9.17, 15) is 8.42 Å². The molecule has 5 nitrogen and oxygen atoms in total. The van der Waals surface area contributed by atoms with Gasteiger partial charge in [-0.15, -0.1) is 0 Å². The third-order valence-corrected chi connectivity index (χ3v) is 3.93. The monoisotopic (exact) mass is 249 g/mol. The number of rotatable bonds is 3. The van der Waals surface area contributed by atoms with Crippen molar-refractivity contribution in [2.75, 3.05) is 5.73 Å². The molecule has 0 unspecified atom stereocenters. The van der Waals surface area contributed by atoms with Gasteiger partial charge in [-0.1, -0.05) is 6.07 Å². The van der Waals surface area contributed by atoms with Crippen LogP contribution in [0.15, 0.2) is 47.8 Å². The molecule has 0 aliphatic heterocycles. The van der Waals surface area contributed by atoms with Gasteiger partial charge in [0.05, 0.1) is 28.2 Å². The quantitative estimate of drug-likeness (QED) is 0.878. The first-order valence-electron chi connectivity index (χ1n) is 4.92. The van der Waals surface area contributed by atoms with Crippen molar-refractivity contribution in [3.8, 4) is 0 Å². The molecule has 2 N–H and O–H groups in total. The lowest BCUT2D eigenvalue weighted by atomic mass is 10.4. The van der Waals surface area contributed by atoms with Crippen molar-refractivity contribution in [3.63, 3.8) is 0 Å². The first-order valence-corrected chi connectivity index (χ1v) is 6.57. The van der Waals surface area contributed by atoms with Crippen LogP contribution >= 0.6 is 0 Å². The van der Waals surface area contributed by atoms with Crippen LogP contribution in [-0.4, -0.2) is 18.4 Å². The van der Waals surface area contributed by atoms with E-state index in [1.165, 1.54) is 18.5 Å². The van der Waals surface area contributed by atoms with E-state index in [4.69, 9.17) is 5.73 Å². The Balaban J connectivity index is 2.36. The predicted octanol–water partition coefficient (Wildman–Crippen LogP) is 1.03. The molecule has 0 saturated carbocycles. The molecule has 0 atom stereocenters. The molecule has 0 spiro atoms. The number of aromatic nitrogens is 2. The lowest BCUT2D eigenvalue weighted by Gasteiger charge is -2.06. The van der Waals surface area contributed by atoms with Crippen LogP contribution in [0.4, 0.5) is 5.69 Å². The molecule has 0 amide bonds. The Labute approximate surface area is 99.3 Å². The fourth-order valence-electron chi connectivity index (χ4n) is 1.43. The average Bonchev–Trinajstić information content (AvgIpc) is 2.30. The topological polar surface area (TPSA) is 85.9 Å². The Morgan fingerprint density at radius 1 is 1.18 bits per heavy atom. The summed E-state index contributed by atoms with van der Waals surface area (Å²) in [7, 11) is -3.47. The maximum Gasteiger partial charge on any atom is 0.186 e. The minimum absolute atomic E-state index is 0.0955. The summed E-state index contributed by atoms with van der Waals surface area (Å²) in [6, 6.07) is 6.53. The smallest absolute Gasteiger partial charge is 0.186 e. The van der Waals surface area contributed by atoms with Gasteiger partial charge in [0.15, 0.2) is 9.84 Å². The van der Waals surface area contributed by atoms with Crippen LogP contribution in [0.5, 0.6) is 0 Å². The van der Waals surface area contributed by atoms with Gasteiger partial charge in [0.2, 0.25) is 0 Å². The van der Waals surface area contributed by atoms with Crippen molar-refractivity contribution in [1.82, 2.24) is 9.97 Å². The van der Waals surface area contributed by atoms with Crippen molar-refractivity contribution >= 4 is 15.5 Å². The van der Waals surface area contributed by atoms with Gasteiger partial charge in [-0.25, -0.2) is 8.42 Å².